The zero-order valence-corrected chi connectivity index (χ0v) is 12.4. The maximum absolute atomic E-state index is 5.77. The summed E-state index contributed by atoms with van der Waals surface area (Å²) in [6.45, 7) is 6.66. The van der Waals surface area contributed by atoms with E-state index in [1.165, 1.54) is 11.1 Å². The van der Waals surface area contributed by atoms with E-state index in [1.807, 2.05) is 0 Å². The van der Waals surface area contributed by atoms with Gasteiger partial charge in [-0.3, -0.25) is 0 Å². The molecule has 2 N–H and O–H groups in total. The zero-order chi connectivity index (χ0) is 13.9. The fourth-order valence-electron chi connectivity index (χ4n) is 1.70. The number of benzene rings is 1. The summed E-state index contributed by atoms with van der Waals surface area (Å²) in [5, 5.41) is 0.794. The van der Waals surface area contributed by atoms with E-state index in [2.05, 4.69) is 55.0 Å². The first kappa shape index (κ1) is 13.9. The number of nitrogens with two attached hydrogens (primary N) is 1. The molecular weight excluding hydrogens is 254 g/mol. The molecule has 0 radical (unpaired) electrons. The first-order valence-electron chi connectivity index (χ1n) is 6.25. The average Bonchev–Trinajstić information content (AvgIpc) is 2.37. The number of hydrogen-bond donors (Lipinski definition) is 1. The maximum Gasteiger partial charge on any atom is 0.156 e. The van der Waals surface area contributed by atoms with Crippen LogP contribution in [0.4, 0.5) is 5.82 Å². The fourth-order valence-corrected chi connectivity index (χ4v) is 2.53. The molecule has 0 aliphatic rings. The highest BCUT2D eigenvalue weighted by Crippen LogP contribution is 2.26. The normalized spacial score (nSPS) is 11.5. The van der Waals surface area contributed by atoms with Gasteiger partial charge >= 0.3 is 0 Å². The molecule has 0 saturated heterocycles. The van der Waals surface area contributed by atoms with Crippen LogP contribution in [0.3, 0.4) is 0 Å². The Morgan fingerprint density at radius 3 is 2.26 bits per heavy atom. The number of aromatic nitrogens is 2. The van der Waals surface area contributed by atoms with Crippen LogP contribution in [-0.2, 0) is 11.2 Å². The van der Waals surface area contributed by atoms with Gasteiger partial charge in [0, 0.05) is 18.1 Å². The number of hydrogen-bond acceptors (Lipinski definition) is 4. The minimum Gasteiger partial charge on any atom is -0.381 e. The summed E-state index contributed by atoms with van der Waals surface area (Å²) in [7, 11) is 0. The van der Waals surface area contributed by atoms with Gasteiger partial charge in [-0.25, -0.2) is 9.97 Å². The van der Waals surface area contributed by atoms with Crippen molar-refractivity contribution in [2.24, 2.45) is 0 Å². The molecule has 0 spiro atoms. The highest BCUT2D eigenvalue weighted by Gasteiger charge is 2.12. The molecule has 100 valence electrons. The first-order chi connectivity index (χ1) is 8.97. The molecule has 0 aliphatic carbocycles. The molecule has 0 atom stereocenters. The van der Waals surface area contributed by atoms with Crippen molar-refractivity contribution < 1.29 is 0 Å². The van der Waals surface area contributed by atoms with Gasteiger partial charge in [0.2, 0.25) is 0 Å². The van der Waals surface area contributed by atoms with Gasteiger partial charge in [0.15, 0.2) is 5.82 Å². The average molecular weight is 273 g/mol. The second-order valence-electron chi connectivity index (χ2n) is 5.48. The van der Waals surface area contributed by atoms with Gasteiger partial charge < -0.3 is 5.73 Å². The molecule has 0 unspecified atom stereocenters. The topological polar surface area (TPSA) is 51.8 Å². The molecule has 0 amide bonds. The minimum absolute atomic E-state index is 0.195. The Morgan fingerprint density at radius 1 is 1.05 bits per heavy atom. The summed E-state index contributed by atoms with van der Waals surface area (Å²) in [5.74, 6) is 1.35. The lowest BCUT2D eigenvalue weighted by molar-refractivity contribution is 0.590. The van der Waals surface area contributed by atoms with Gasteiger partial charge in [0.1, 0.15) is 5.03 Å². The summed E-state index contributed by atoms with van der Waals surface area (Å²) in [5.41, 5.74) is 8.58. The van der Waals surface area contributed by atoms with Crippen LogP contribution in [0.25, 0.3) is 0 Å². The van der Waals surface area contributed by atoms with Gasteiger partial charge in [-0.1, -0.05) is 56.8 Å². The third-order valence-electron chi connectivity index (χ3n) is 2.89. The van der Waals surface area contributed by atoms with Gasteiger partial charge in [-0.15, -0.1) is 0 Å². The molecule has 1 aromatic heterocycles. The Morgan fingerprint density at radius 2 is 1.68 bits per heavy atom. The molecule has 4 heteroatoms. The highest BCUT2D eigenvalue weighted by molar-refractivity contribution is 7.98. The Kier molecular flexibility index (Phi) is 4.10. The molecule has 0 bridgehead atoms. The Balaban J connectivity index is 2.03. The van der Waals surface area contributed by atoms with Crippen molar-refractivity contribution in [3.05, 3.63) is 47.8 Å². The number of anilines is 1. The third kappa shape index (κ3) is 3.70. The quantitative estimate of drug-likeness (QED) is 0.867. The summed E-state index contributed by atoms with van der Waals surface area (Å²) in [4.78, 5) is 8.26. The molecule has 3 nitrogen and oxygen atoms in total. The molecule has 0 saturated carbocycles. The second-order valence-corrected chi connectivity index (χ2v) is 6.45. The van der Waals surface area contributed by atoms with E-state index in [9.17, 15) is 0 Å². The second kappa shape index (κ2) is 5.61. The van der Waals surface area contributed by atoms with E-state index >= 15 is 0 Å². The highest BCUT2D eigenvalue weighted by atomic mass is 32.2. The lowest BCUT2D eigenvalue weighted by Crippen LogP contribution is -2.10. The van der Waals surface area contributed by atoms with Gasteiger partial charge in [0.05, 0.1) is 0 Å². The maximum atomic E-state index is 5.77. The van der Waals surface area contributed by atoms with Crippen molar-refractivity contribution in [3.8, 4) is 0 Å². The molecular formula is C15H19N3S. The minimum atomic E-state index is 0.195. The Hall–Kier alpha value is -1.55. The van der Waals surface area contributed by atoms with E-state index in [1.54, 1.807) is 24.2 Å². The van der Waals surface area contributed by atoms with Crippen LogP contribution in [0.5, 0.6) is 0 Å². The lowest BCUT2D eigenvalue weighted by atomic mass is 9.87. The predicted octanol–water partition coefficient (Wildman–Crippen LogP) is 3.65. The van der Waals surface area contributed by atoms with Gasteiger partial charge in [-0.2, -0.15) is 0 Å². The standard InChI is InChI=1S/C15H19N3S/c1-15(2,3)12-6-4-11(5-7-12)10-19-14-13(16)17-8-9-18-14/h4-9H,10H2,1-3H3,(H2,16,17). The van der Waals surface area contributed by atoms with Crippen LogP contribution in [0, 0.1) is 0 Å². The van der Waals surface area contributed by atoms with Crippen molar-refractivity contribution in [2.75, 3.05) is 5.73 Å². The summed E-state index contributed by atoms with van der Waals surface area (Å²) < 4.78 is 0. The van der Waals surface area contributed by atoms with E-state index in [0.29, 0.717) is 5.82 Å². The number of thioether (sulfide) groups is 1. The van der Waals surface area contributed by atoms with Crippen LogP contribution in [-0.4, -0.2) is 9.97 Å². The van der Waals surface area contributed by atoms with Crippen LogP contribution in [0.2, 0.25) is 0 Å². The lowest BCUT2D eigenvalue weighted by Gasteiger charge is -2.19. The van der Waals surface area contributed by atoms with Crippen LogP contribution in [0.1, 0.15) is 31.9 Å². The largest absolute Gasteiger partial charge is 0.381 e. The SMILES string of the molecule is CC(C)(C)c1ccc(CSc2nccnc2N)cc1. The van der Waals surface area contributed by atoms with Crippen LogP contribution < -0.4 is 5.73 Å². The number of nitrogens with zero attached hydrogens (tertiary/aromatic N) is 2. The van der Waals surface area contributed by atoms with Gasteiger partial charge in [-0.05, 0) is 16.5 Å². The van der Waals surface area contributed by atoms with Crippen molar-refractivity contribution in [1.82, 2.24) is 9.97 Å². The molecule has 0 aliphatic heterocycles. The van der Waals surface area contributed by atoms with Gasteiger partial charge in [0.25, 0.3) is 0 Å². The van der Waals surface area contributed by atoms with E-state index in [0.717, 1.165) is 10.8 Å². The van der Waals surface area contributed by atoms with Crippen molar-refractivity contribution in [2.45, 2.75) is 37.0 Å². The molecule has 1 heterocycles. The fraction of sp³-hybridized carbons (Fsp3) is 0.333. The van der Waals surface area contributed by atoms with E-state index in [-0.39, 0.29) is 5.41 Å². The summed E-state index contributed by atoms with van der Waals surface area (Å²) >= 11 is 1.61. The zero-order valence-electron chi connectivity index (χ0n) is 11.6. The van der Waals surface area contributed by atoms with Crippen LogP contribution >= 0.6 is 11.8 Å². The molecule has 0 fully saturated rings. The number of rotatable bonds is 3. The number of nitrogen functional groups attached to an aromatic ring is 1. The summed E-state index contributed by atoms with van der Waals surface area (Å²) in [6.07, 6.45) is 3.28. The van der Waals surface area contributed by atoms with Crippen molar-refractivity contribution in [3.63, 3.8) is 0 Å². The van der Waals surface area contributed by atoms with Crippen LogP contribution in [0.15, 0.2) is 41.7 Å². The predicted molar refractivity (Wildman–Crippen MR) is 81.1 cm³/mol. The van der Waals surface area contributed by atoms with E-state index < -0.39 is 0 Å². The first-order valence-corrected chi connectivity index (χ1v) is 7.24. The molecule has 2 aromatic rings. The molecule has 1 aromatic carbocycles. The van der Waals surface area contributed by atoms with E-state index in [4.69, 9.17) is 5.73 Å². The molecule has 19 heavy (non-hydrogen) atoms. The third-order valence-corrected chi connectivity index (χ3v) is 3.95. The molecule has 2 rings (SSSR count). The Labute approximate surface area is 118 Å². The summed E-state index contributed by atoms with van der Waals surface area (Å²) in [6, 6.07) is 8.71. The monoisotopic (exact) mass is 273 g/mol. The van der Waals surface area contributed by atoms with Crippen molar-refractivity contribution >= 4 is 17.6 Å². The van der Waals surface area contributed by atoms with Crippen molar-refractivity contribution in [1.29, 1.82) is 0 Å². The Bertz CT molecular complexity index is 544. The smallest absolute Gasteiger partial charge is 0.156 e.